The van der Waals surface area contributed by atoms with Crippen LogP contribution in [-0.2, 0) is 0 Å². The van der Waals surface area contributed by atoms with Crippen LogP contribution in [-0.4, -0.2) is 56.9 Å². The molecule has 2 N–H and O–H groups in total. The number of aromatic nitrogens is 4. The fraction of sp³-hybridized carbons (Fsp3) is 0.333. The standard InChI is InChI=1S/C30H32N6/c1-35-17-3-5-27(35)29-31-19-25(33-29)23-13-9-21(10-14-23)7-8-22-11-15-24(16-12-22)26-20-32-30(34-26)28-6-4-18-36(28)2/h9-16,19-20,27-28H,3-6,17-18H2,1-2H3,(H,31,33)(H,32,34). The van der Waals surface area contributed by atoms with Crippen LogP contribution in [0.2, 0.25) is 0 Å². The van der Waals surface area contributed by atoms with E-state index in [-0.39, 0.29) is 0 Å². The largest absolute Gasteiger partial charge is 0.341 e. The van der Waals surface area contributed by atoms with E-state index < -0.39 is 0 Å². The predicted octanol–water partition coefficient (Wildman–Crippen LogP) is 5.40. The highest BCUT2D eigenvalue weighted by Crippen LogP contribution is 2.31. The highest BCUT2D eigenvalue weighted by Gasteiger charge is 2.26. The number of benzene rings is 2. The first-order chi connectivity index (χ1) is 17.6. The number of rotatable bonds is 4. The Morgan fingerprint density at radius 2 is 1.08 bits per heavy atom. The minimum atomic E-state index is 0.402. The highest BCUT2D eigenvalue weighted by atomic mass is 15.2. The van der Waals surface area contributed by atoms with Crippen LogP contribution in [0.3, 0.4) is 0 Å². The van der Waals surface area contributed by atoms with E-state index in [1.54, 1.807) is 0 Å². The maximum Gasteiger partial charge on any atom is 0.123 e. The highest BCUT2D eigenvalue weighted by molar-refractivity contribution is 5.62. The summed E-state index contributed by atoms with van der Waals surface area (Å²) in [5.74, 6) is 8.71. The van der Waals surface area contributed by atoms with Crippen molar-refractivity contribution >= 4 is 0 Å². The van der Waals surface area contributed by atoms with Crippen LogP contribution in [0.25, 0.3) is 22.5 Å². The van der Waals surface area contributed by atoms with E-state index in [4.69, 9.17) is 0 Å². The van der Waals surface area contributed by atoms with Crippen molar-refractivity contribution in [1.82, 2.24) is 29.7 Å². The van der Waals surface area contributed by atoms with Gasteiger partial charge in [-0.2, -0.15) is 0 Å². The third-order valence-corrected chi connectivity index (χ3v) is 7.61. The van der Waals surface area contributed by atoms with Crippen LogP contribution in [0.4, 0.5) is 0 Å². The van der Waals surface area contributed by atoms with Crippen LogP contribution >= 0.6 is 0 Å². The molecule has 2 unspecified atom stereocenters. The van der Waals surface area contributed by atoms with Gasteiger partial charge < -0.3 is 9.97 Å². The zero-order chi connectivity index (χ0) is 24.5. The molecule has 2 saturated heterocycles. The van der Waals surface area contributed by atoms with Crippen LogP contribution in [0.15, 0.2) is 60.9 Å². The van der Waals surface area contributed by atoms with E-state index in [2.05, 4.69) is 104 Å². The van der Waals surface area contributed by atoms with Crippen LogP contribution in [0, 0.1) is 11.8 Å². The van der Waals surface area contributed by atoms with Crippen molar-refractivity contribution in [3.8, 4) is 34.4 Å². The third-order valence-electron chi connectivity index (χ3n) is 7.61. The average Bonchev–Trinajstić information content (AvgIpc) is 3.71. The quantitative estimate of drug-likeness (QED) is 0.387. The molecule has 6 nitrogen and oxygen atoms in total. The predicted molar refractivity (Wildman–Crippen MR) is 143 cm³/mol. The van der Waals surface area contributed by atoms with Crippen molar-refractivity contribution in [3.63, 3.8) is 0 Å². The molecule has 4 aromatic rings. The molecule has 2 aliphatic rings. The second-order valence-corrected chi connectivity index (χ2v) is 10.0. The molecule has 4 heterocycles. The molecule has 0 amide bonds. The molecule has 2 aromatic carbocycles. The van der Waals surface area contributed by atoms with E-state index >= 15 is 0 Å². The van der Waals surface area contributed by atoms with Gasteiger partial charge in [0.2, 0.25) is 0 Å². The first-order valence-electron chi connectivity index (χ1n) is 12.9. The van der Waals surface area contributed by atoms with Gasteiger partial charge in [-0.25, -0.2) is 9.97 Å². The summed E-state index contributed by atoms with van der Waals surface area (Å²) in [6.07, 6.45) is 8.68. The molecule has 0 spiro atoms. The molecule has 6 rings (SSSR count). The van der Waals surface area contributed by atoms with E-state index in [0.717, 1.165) is 58.4 Å². The Hall–Kier alpha value is -3.66. The molecule has 182 valence electrons. The van der Waals surface area contributed by atoms with E-state index in [1.807, 2.05) is 12.4 Å². The van der Waals surface area contributed by atoms with Crippen LogP contribution < -0.4 is 0 Å². The third kappa shape index (κ3) is 4.60. The Kier molecular flexibility index (Phi) is 6.18. The Balaban J connectivity index is 1.12. The second-order valence-electron chi connectivity index (χ2n) is 10.0. The van der Waals surface area contributed by atoms with Crippen molar-refractivity contribution in [2.24, 2.45) is 0 Å². The topological polar surface area (TPSA) is 63.8 Å². The SMILES string of the molecule is CN1CCCC1c1ncc(-c2ccc(C#Cc3ccc(-c4cnc(C5CCCN5C)[nH]4)cc3)cc2)[nH]1. The van der Waals surface area contributed by atoms with Gasteiger partial charge in [-0.05, 0) is 88.3 Å². The minimum absolute atomic E-state index is 0.402. The number of nitrogens with one attached hydrogen (secondary N) is 2. The summed E-state index contributed by atoms with van der Waals surface area (Å²) in [5, 5.41) is 0. The summed E-state index contributed by atoms with van der Waals surface area (Å²) < 4.78 is 0. The summed E-state index contributed by atoms with van der Waals surface area (Å²) in [7, 11) is 4.34. The number of likely N-dealkylation sites (tertiary alicyclic amines) is 2. The monoisotopic (exact) mass is 476 g/mol. The summed E-state index contributed by atoms with van der Waals surface area (Å²) in [6.45, 7) is 2.28. The number of nitrogens with zero attached hydrogens (tertiary/aromatic N) is 4. The van der Waals surface area contributed by atoms with Gasteiger partial charge in [-0.15, -0.1) is 0 Å². The van der Waals surface area contributed by atoms with E-state index in [9.17, 15) is 0 Å². The molecule has 0 saturated carbocycles. The van der Waals surface area contributed by atoms with Gasteiger partial charge in [0.15, 0.2) is 0 Å². The molecular formula is C30H32N6. The zero-order valence-corrected chi connectivity index (χ0v) is 21.0. The van der Waals surface area contributed by atoms with Crippen LogP contribution in [0.5, 0.6) is 0 Å². The maximum absolute atomic E-state index is 4.64. The normalized spacial score (nSPS) is 20.5. The van der Waals surface area contributed by atoms with Gasteiger partial charge in [-0.3, -0.25) is 9.80 Å². The number of imidazole rings is 2. The van der Waals surface area contributed by atoms with Gasteiger partial charge in [0.1, 0.15) is 11.6 Å². The molecular weight excluding hydrogens is 444 g/mol. The summed E-state index contributed by atoms with van der Waals surface area (Å²) in [4.78, 5) is 21.1. The minimum Gasteiger partial charge on any atom is -0.341 e. The van der Waals surface area contributed by atoms with Crippen LogP contribution in [0.1, 0.15) is 60.5 Å². The fourth-order valence-electron chi connectivity index (χ4n) is 5.43. The van der Waals surface area contributed by atoms with E-state index in [1.165, 1.54) is 25.7 Å². The van der Waals surface area contributed by atoms with Gasteiger partial charge in [0.05, 0.1) is 35.9 Å². The van der Waals surface area contributed by atoms with Crippen molar-refractivity contribution < 1.29 is 0 Å². The van der Waals surface area contributed by atoms with Gasteiger partial charge in [-0.1, -0.05) is 36.1 Å². The average molecular weight is 477 g/mol. The molecule has 0 aliphatic carbocycles. The molecule has 2 aromatic heterocycles. The molecule has 2 atom stereocenters. The van der Waals surface area contributed by atoms with Gasteiger partial charge >= 0.3 is 0 Å². The maximum atomic E-state index is 4.64. The lowest BCUT2D eigenvalue weighted by molar-refractivity contribution is 0.307. The zero-order valence-electron chi connectivity index (χ0n) is 21.0. The van der Waals surface area contributed by atoms with Crippen molar-refractivity contribution in [3.05, 3.63) is 83.7 Å². The summed E-state index contributed by atoms with van der Waals surface area (Å²) >= 11 is 0. The Labute approximate surface area is 212 Å². The Morgan fingerprint density at radius 3 is 1.44 bits per heavy atom. The van der Waals surface area contributed by atoms with Gasteiger partial charge in [0, 0.05) is 11.1 Å². The molecule has 6 heteroatoms. The van der Waals surface area contributed by atoms with E-state index in [0.29, 0.717) is 12.1 Å². The van der Waals surface area contributed by atoms with Crippen molar-refractivity contribution in [2.75, 3.05) is 27.2 Å². The van der Waals surface area contributed by atoms with Crippen molar-refractivity contribution in [1.29, 1.82) is 0 Å². The lowest BCUT2D eigenvalue weighted by atomic mass is 10.1. The van der Waals surface area contributed by atoms with Crippen molar-refractivity contribution in [2.45, 2.75) is 37.8 Å². The smallest absolute Gasteiger partial charge is 0.123 e. The molecule has 0 bridgehead atoms. The number of H-pyrrole nitrogens is 2. The Morgan fingerprint density at radius 1 is 0.667 bits per heavy atom. The molecule has 36 heavy (non-hydrogen) atoms. The van der Waals surface area contributed by atoms with Gasteiger partial charge in [0.25, 0.3) is 0 Å². The first kappa shape index (κ1) is 22.8. The molecule has 0 radical (unpaired) electrons. The first-order valence-corrected chi connectivity index (χ1v) is 12.9. The fourth-order valence-corrected chi connectivity index (χ4v) is 5.43. The summed E-state index contributed by atoms with van der Waals surface area (Å²) in [6, 6.07) is 17.5. The lowest BCUT2D eigenvalue weighted by Gasteiger charge is -2.16. The Bertz CT molecular complexity index is 1280. The summed E-state index contributed by atoms with van der Waals surface area (Å²) in [5.41, 5.74) is 6.37. The number of hydrogen-bond acceptors (Lipinski definition) is 4. The lowest BCUT2D eigenvalue weighted by Crippen LogP contribution is -2.18. The number of aromatic amines is 2. The number of hydrogen-bond donors (Lipinski definition) is 2. The second kappa shape index (κ2) is 9.77. The molecule has 2 aliphatic heterocycles. The molecule has 2 fully saturated rings.